The van der Waals surface area contributed by atoms with E-state index in [1.54, 1.807) is 31.3 Å². The number of ether oxygens (including phenoxy) is 3. The van der Waals surface area contributed by atoms with Gasteiger partial charge in [-0.15, -0.1) is 0 Å². The smallest absolute Gasteiger partial charge is 0.322 e. The number of fused-ring (bicyclic) bond motifs is 1. The van der Waals surface area contributed by atoms with Gasteiger partial charge in [-0.25, -0.2) is 4.79 Å². The zero-order valence-corrected chi connectivity index (χ0v) is 18.2. The van der Waals surface area contributed by atoms with Crippen LogP contribution in [0.15, 0.2) is 30.3 Å². The summed E-state index contributed by atoms with van der Waals surface area (Å²) < 4.78 is 15.7. The number of hydrogen-bond donors (Lipinski definition) is 1. The molecule has 0 fully saturated rings. The summed E-state index contributed by atoms with van der Waals surface area (Å²) in [6.45, 7) is 2.33. The van der Waals surface area contributed by atoms with E-state index >= 15 is 0 Å². The summed E-state index contributed by atoms with van der Waals surface area (Å²) in [5.74, 6) is 0.749. The van der Waals surface area contributed by atoms with Crippen LogP contribution in [-0.4, -0.2) is 44.8 Å². The highest BCUT2D eigenvalue weighted by Gasteiger charge is 2.34. The van der Waals surface area contributed by atoms with Crippen molar-refractivity contribution < 1.29 is 23.8 Å². The largest absolute Gasteiger partial charge is 0.493 e. The lowest BCUT2D eigenvalue weighted by Crippen LogP contribution is -2.43. The van der Waals surface area contributed by atoms with Crippen molar-refractivity contribution in [2.24, 2.45) is 0 Å². The van der Waals surface area contributed by atoms with Crippen LogP contribution in [0, 0.1) is 6.92 Å². The molecule has 1 aliphatic rings. The fraction of sp³-hybridized carbons (Fsp3) is 0.364. The van der Waals surface area contributed by atoms with Gasteiger partial charge in [-0.2, -0.15) is 0 Å². The van der Waals surface area contributed by atoms with Gasteiger partial charge in [0.2, 0.25) is 0 Å². The molecule has 160 valence electrons. The lowest BCUT2D eigenvalue weighted by Gasteiger charge is -2.37. The second-order valence-electron chi connectivity index (χ2n) is 7.03. The number of nitrogens with one attached hydrogen (secondary N) is 1. The molecule has 0 aromatic heterocycles. The van der Waals surface area contributed by atoms with Crippen LogP contribution in [0.5, 0.6) is 11.5 Å². The summed E-state index contributed by atoms with van der Waals surface area (Å²) >= 11 is 6.08. The predicted molar refractivity (Wildman–Crippen MR) is 115 cm³/mol. The van der Waals surface area contributed by atoms with Crippen LogP contribution < -0.4 is 14.8 Å². The Morgan fingerprint density at radius 2 is 1.83 bits per heavy atom. The molecule has 3 rings (SSSR count). The molecule has 2 aromatic rings. The van der Waals surface area contributed by atoms with Crippen LogP contribution in [0.3, 0.4) is 0 Å². The van der Waals surface area contributed by atoms with E-state index in [0.717, 1.165) is 16.7 Å². The van der Waals surface area contributed by atoms with E-state index in [-0.39, 0.29) is 12.5 Å². The molecule has 1 aliphatic heterocycles. The minimum absolute atomic E-state index is 0.0287. The quantitative estimate of drug-likeness (QED) is 0.710. The topological polar surface area (TPSA) is 77.1 Å². The molecule has 0 spiro atoms. The molecule has 0 radical (unpaired) electrons. The molecule has 1 N–H and O–H groups in total. The van der Waals surface area contributed by atoms with Gasteiger partial charge < -0.3 is 24.4 Å². The first kappa shape index (κ1) is 21.8. The fourth-order valence-electron chi connectivity index (χ4n) is 3.65. The molecule has 2 aromatic carbocycles. The molecule has 0 saturated carbocycles. The second kappa shape index (κ2) is 9.26. The van der Waals surface area contributed by atoms with E-state index in [4.69, 9.17) is 25.8 Å². The average molecular weight is 433 g/mol. The van der Waals surface area contributed by atoms with E-state index in [0.29, 0.717) is 35.2 Å². The Hall–Kier alpha value is -2.93. The molecule has 2 amide bonds. The Balaban J connectivity index is 1.97. The standard InChI is InChI=1S/C22H25ClN2O5/c1-13-5-6-15(23)10-17(13)24-22(27)25-8-7-14-9-19(28-2)20(29-3)11-16(14)18(25)12-21(26)30-4/h5-6,9-11,18H,7-8,12H2,1-4H3,(H,24,27). The number of carbonyl (C=O) groups excluding carboxylic acids is 2. The number of carbonyl (C=O) groups is 2. The monoisotopic (exact) mass is 432 g/mol. The summed E-state index contributed by atoms with van der Waals surface area (Å²) in [6, 6.07) is 8.22. The lowest BCUT2D eigenvalue weighted by molar-refractivity contribution is -0.141. The van der Waals surface area contributed by atoms with Gasteiger partial charge >= 0.3 is 12.0 Å². The van der Waals surface area contributed by atoms with E-state index in [1.807, 2.05) is 25.1 Å². The normalized spacial score (nSPS) is 15.2. The molecule has 1 atom stereocenters. The number of anilines is 1. The van der Waals surface area contributed by atoms with Gasteiger partial charge in [0.05, 0.1) is 33.8 Å². The molecule has 1 unspecified atom stereocenters. The first-order valence-corrected chi connectivity index (χ1v) is 9.91. The summed E-state index contributed by atoms with van der Waals surface area (Å²) in [5.41, 5.74) is 3.36. The number of methoxy groups -OCH3 is 3. The number of nitrogens with zero attached hydrogens (tertiary/aromatic N) is 1. The van der Waals surface area contributed by atoms with E-state index < -0.39 is 12.0 Å². The number of urea groups is 1. The highest BCUT2D eigenvalue weighted by atomic mass is 35.5. The van der Waals surface area contributed by atoms with Crippen LogP contribution in [0.2, 0.25) is 5.02 Å². The van der Waals surface area contributed by atoms with E-state index in [2.05, 4.69) is 5.32 Å². The third-order valence-corrected chi connectivity index (χ3v) is 5.53. The Labute approximate surface area is 180 Å². The molecule has 1 heterocycles. The fourth-order valence-corrected chi connectivity index (χ4v) is 3.82. The van der Waals surface area contributed by atoms with Crippen LogP contribution >= 0.6 is 11.6 Å². The summed E-state index contributed by atoms with van der Waals surface area (Å²) in [6.07, 6.45) is 0.649. The van der Waals surface area contributed by atoms with E-state index in [9.17, 15) is 9.59 Å². The molecular weight excluding hydrogens is 408 g/mol. The first-order chi connectivity index (χ1) is 14.4. The van der Waals surface area contributed by atoms with Crippen molar-refractivity contribution >= 4 is 29.3 Å². The van der Waals surface area contributed by atoms with Gasteiger partial charge in [0, 0.05) is 17.3 Å². The van der Waals surface area contributed by atoms with Crippen LogP contribution in [0.1, 0.15) is 29.2 Å². The molecule has 0 aliphatic carbocycles. The number of rotatable bonds is 5. The number of aryl methyl sites for hydroxylation is 1. The highest BCUT2D eigenvalue weighted by molar-refractivity contribution is 6.31. The number of hydrogen-bond acceptors (Lipinski definition) is 5. The zero-order chi connectivity index (χ0) is 21.8. The van der Waals surface area contributed by atoms with Crippen LogP contribution in [0.25, 0.3) is 0 Å². The maximum Gasteiger partial charge on any atom is 0.322 e. The van der Waals surface area contributed by atoms with Gasteiger partial charge in [-0.1, -0.05) is 17.7 Å². The minimum Gasteiger partial charge on any atom is -0.493 e. The minimum atomic E-state index is -0.500. The van der Waals surface area contributed by atoms with Crippen LogP contribution in [0.4, 0.5) is 10.5 Å². The van der Waals surface area contributed by atoms with Crippen molar-refractivity contribution in [2.75, 3.05) is 33.2 Å². The number of esters is 1. The first-order valence-electron chi connectivity index (χ1n) is 9.53. The van der Waals surface area contributed by atoms with Gasteiger partial charge in [0.15, 0.2) is 11.5 Å². The van der Waals surface area contributed by atoms with Gasteiger partial charge in [0.1, 0.15) is 0 Å². The summed E-state index contributed by atoms with van der Waals surface area (Å²) in [5, 5.41) is 3.45. The average Bonchev–Trinajstić information content (AvgIpc) is 2.75. The second-order valence-corrected chi connectivity index (χ2v) is 7.47. The van der Waals surface area contributed by atoms with E-state index in [1.165, 1.54) is 7.11 Å². The molecule has 8 heteroatoms. The predicted octanol–water partition coefficient (Wildman–Crippen LogP) is 4.36. The molecule has 7 nitrogen and oxygen atoms in total. The van der Waals surface area contributed by atoms with Crippen molar-refractivity contribution in [3.8, 4) is 11.5 Å². The number of benzene rings is 2. The van der Waals surface area contributed by atoms with Crippen molar-refractivity contribution in [3.63, 3.8) is 0 Å². The Bertz CT molecular complexity index is 963. The maximum absolute atomic E-state index is 13.2. The summed E-state index contributed by atoms with van der Waals surface area (Å²) in [4.78, 5) is 26.9. The molecule has 0 saturated heterocycles. The Kier molecular flexibility index (Phi) is 6.72. The van der Waals surface area contributed by atoms with Crippen LogP contribution in [-0.2, 0) is 16.0 Å². The lowest BCUT2D eigenvalue weighted by atomic mass is 9.90. The molecule has 30 heavy (non-hydrogen) atoms. The zero-order valence-electron chi connectivity index (χ0n) is 17.5. The third-order valence-electron chi connectivity index (χ3n) is 5.29. The number of halogens is 1. The van der Waals surface area contributed by atoms with Crippen molar-refractivity contribution in [1.82, 2.24) is 4.90 Å². The Morgan fingerprint density at radius 1 is 1.13 bits per heavy atom. The van der Waals surface area contributed by atoms with Crippen molar-refractivity contribution in [1.29, 1.82) is 0 Å². The van der Waals surface area contributed by atoms with Gasteiger partial charge in [0.25, 0.3) is 0 Å². The molecular formula is C22H25ClN2O5. The number of amides is 2. The Morgan fingerprint density at radius 3 is 2.50 bits per heavy atom. The van der Waals surface area contributed by atoms with Crippen molar-refractivity contribution in [2.45, 2.75) is 25.8 Å². The summed E-state index contributed by atoms with van der Waals surface area (Å²) in [7, 11) is 4.46. The van der Waals surface area contributed by atoms with Crippen molar-refractivity contribution in [3.05, 3.63) is 52.0 Å². The SMILES string of the molecule is COC(=O)CC1c2cc(OC)c(OC)cc2CCN1C(=O)Nc1cc(Cl)ccc1C. The molecule has 0 bridgehead atoms. The third kappa shape index (κ3) is 4.46. The maximum atomic E-state index is 13.2. The van der Waals surface area contributed by atoms with Gasteiger partial charge in [-0.3, -0.25) is 4.79 Å². The van der Waals surface area contributed by atoms with Gasteiger partial charge in [-0.05, 0) is 54.3 Å². The highest BCUT2D eigenvalue weighted by Crippen LogP contribution is 2.40.